The summed E-state index contributed by atoms with van der Waals surface area (Å²) in [7, 11) is 3.83. The van der Waals surface area contributed by atoms with Gasteiger partial charge in [0.15, 0.2) is 5.96 Å². The maximum Gasteiger partial charge on any atom is 0.194 e. The van der Waals surface area contributed by atoms with Crippen molar-refractivity contribution in [2.24, 2.45) is 4.99 Å². The van der Waals surface area contributed by atoms with Gasteiger partial charge in [-0.1, -0.05) is 48.5 Å². The number of nitrogens with one attached hydrogen (secondary N) is 1. The summed E-state index contributed by atoms with van der Waals surface area (Å²) in [5.41, 5.74) is 1.77. The molecule has 0 bridgehead atoms. The van der Waals surface area contributed by atoms with E-state index in [0.717, 1.165) is 11.5 Å². The standard InChI is InChI=1S/C17H20FN3.HI/c1-21(2)17(19-12-14-8-4-3-5-9-14)20-13-15-10-6-7-11-16(15)18;/h3-11H,12-13H2,1-2H3,(H,19,20);1H. The Labute approximate surface area is 148 Å². The Bertz CT molecular complexity index is 600. The minimum Gasteiger partial charge on any atom is -0.352 e. The summed E-state index contributed by atoms with van der Waals surface area (Å²) in [4.78, 5) is 6.44. The summed E-state index contributed by atoms with van der Waals surface area (Å²) in [6.45, 7) is 1.01. The monoisotopic (exact) mass is 413 g/mol. The number of aliphatic imine (C=N–C) groups is 1. The highest BCUT2D eigenvalue weighted by Gasteiger charge is 2.04. The summed E-state index contributed by atoms with van der Waals surface area (Å²) in [5.74, 6) is 0.535. The van der Waals surface area contributed by atoms with Gasteiger partial charge in [0.2, 0.25) is 0 Å². The zero-order chi connectivity index (χ0) is 15.1. The third kappa shape index (κ3) is 5.63. The average molecular weight is 413 g/mol. The molecule has 2 aromatic rings. The molecule has 1 N–H and O–H groups in total. The first-order valence-electron chi connectivity index (χ1n) is 6.90. The van der Waals surface area contributed by atoms with E-state index in [1.807, 2.05) is 55.4 Å². The normalized spacial score (nSPS) is 10.8. The lowest BCUT2D eigenvalue weighted by Crippen LogP contribution is -2.36. The van der Waals surface area contributed by atoms with Crippen LogP contribution < -0.4 is 5.32 Å². The van der Waals surface area contributed by atoms with Gasteiger partial charge in [0, 0.05) is 26.2 Å². The second kappa shape index (κ2) is 9.40. The van der Waals surface area contributed by atoms with Crippen LogP contribution in [0.3, 0.4) is 0 Å². The molecule has 0 spiro atoms. The van der Waals surface area contributed by atoms with Crippen molar-refractivity contribution < 1.29 is 4.39 Å². The molecule has 0 amide bonds. The van der Waals surface area contributed by atoms with Crippen molar-refractivity contribution >= 4 is 29.9 Å². The summed E-state index contributed by atoms with van der Waals surface area (Å²) < 4.78 is 13.6. The van der Waals surface area contributed by atoms with Crippen molar-refractivity contribution in [2.75, 3.05) is 14.1 Å². The zero-order valence-corrected chi connectivity index (χ0v) is 15.1. The lowest BCUT2D eigenvalue weighted by Gasteiger charge is -2.18. The molecule has 0 saturated carbocycles. The Morgan fingerprint density at radius 3 is 2.32 bits per heavy atom. The highest BCUT2D eigenvalue weighted by Crippen LogP contribution is 2.06. The molecule has 0 fully saturated rings. The number of nitrogens with zero attached hydrogens (tertiary/aromatic N) is 2. The fourth-order valence-electron chi connectivity index (χ4n) is 1.92. The Balaban J connectivity index is 0.00000242. The second-order valence-electron chi connectivity index (χ2n) is 4.96. The smallest absolute Gasteiger partial charge is 0.194 e. The minimum atomic E-state index is -0.203. The molecule has 22 heavy (non-hydrogen) atoms. The predicted octanol–water partition coefficient (Wildman–Crippen LogP) is 3.65. The Kier molecular flexibility index (Phi) is 7.87. The molecule has 2 rings (SSSR count). The second-order valence-corrected chi connectivity index (χ2v) is 4.96. The summed E-state index contributed by atoms with van der Waals surface area (Å²) >= 11 is 0. The largest absolute Gasteiger partial charge is 0.352 e. The van der Waals surface area contributed by atoms with Crippen LogP contribution in [0.2, 0.25) is 0 Å². The number of guanidine groups is 1. The van der Waals surface area contributed by atoms with E-state index in [2.05, 4.69) is 10.3 Å². The number of hydrogen-bond acceptors (Lipinski definition) is 1. The minimum absolute atomic E-state index is 0. The SMILES string of the molecule is CN(C)C(=NCc1ccccc1)NCc1ccccc1F.I. The van der Waals surface area contributed by atoms with Gasteiger partial charge >= 0.3 is 0 Å². The molecular formula is C17H21FIN3. The van der Waals surface area contributed by atoms with Crippen LogP contribution in [0.4, 0.5) is 4.39 Å². The fourth-order valence-corrected chi connectivity index (χ4v) is 1.92. The number of hydrogen-bond donors (Lipinski definition) is 1. The first-order chi connectivity index (χ1) is 10.2. The summed E-state index contributed by atoms with van der Waals surface area (Å²) in [5, 5.41) is 3.18. The van der Waals surface area contributed by atoms with Crippen LogP contribution >= 0.6 is 24.0 Å². The molecule has 0 unspecified atom stereocenters. The van der Waals surface area contributed by atoms with Gasteiger partial charge in [-0.05, 0) is 11.6 Å². The molecule has 118 valence electrons. The van der Waals surface area contributed by atoms with Crippen LogP contribution in [0, 0.1) is 5.82 Å². The Morgan fingerprint density at radius 1 is 1.05 bits per heavy atom. The van der Waals surface area contributed by atoms with E-state index in [-0.39, 0.29) is 29.8 Å². The van der Waals surface area contributed by atoms with Crippen molar-refractivity contribution in [3.05, 3.63) is 71.5 Å². The molecule has 0 radical (unpaired) electrons. The van der Waals surface area contributed by atoms with Crippen LogP contribution in [0.1, 0.15) is 11.1 Å². The molecule has 0 aliphatic heterocycles. The van der Waals surface area contributed by atoms with Gasteiger partial charge in [0.1, 0.15) is 5.82 Å². The van der Waals surface area contributed by atoms with Crippen LogP contribution in [-0.2, 0) is 13.1 Å². The van der Waals surface area contributed by atoms with Crippen LogP contribution in [-0.4, -0.2) is 25.0 Å². The van der Waals surface area contributed by atoms with Gasteiger partial charge in [-0.25, -0.2) is 9.38 Å². The molecule has 3 nitrogen and oxygen atoms in total. The quantitative estimate of drug-likeness (QED) is 0.471. The summed E-state index contributed by atoms with van der Waals surface area (Å²) in [6.07, 6.45) is 0. The molecule has 0 atom stereocenters. The van der Waals surface area contributed by atoms with Crippen molar-refractivity contribution in [2.45, 2.75) is 13.1 Å². The topological polar surface area (TPSA) is 27.6 Å². The first-order valence-corrected chi connectivity index (χ1v) is 6.90. The molecule has 0 saturated heterocycles. The van der Waals surface area contributed by atoms with Gasteiger partial charge in [-0.2, -0.15) is 0 Å². The van der Waals surface area contributed by atoms with E-state index in [9.17, 15) is 4.39 Å². The Hall–Kier alpha value is -1.63. The van der Waals surface area contributed by atoms with Gasteiger partial charge < -0.3 is 10.2 Å². The van der Waals surface area contributed by atoms with Gasteiger partial charge in [-0.3, -0.25) is 0 Å². The molecule has 5 heteroatoms. The third-order valence-corrected chi connectivity index (χ3v) is 3.07. The lowest BCUT2D eigenvalue weighted by molar-refractivity contribution is 0.567. The van der Waals surface area contributed by atoms with Gasteiger partial charge in [0.25, 0.3) is 0 Å². The third-order valence-electron chi connectivity index (χ3n) is 3.07. The fraction of sp³-hybridized carbons (Fsp3) is 0.235. The highest BCUT2D eigenvalue weighted by molar-refractivity contribution is 14.0. The van der Waals surface area contributed by atoms with Gasteiger partial charge in [-0.15, -0.1) is 24.0 Å². The molecular weight excluding hydrogens is 392 g/mol. The number of benzene rings is 2. The Morgan fingerprint density at radius 2 is 1.68 bits per heavy atom. The van der Waals surface area contributed by atoms with Crippen molar-refractivity contribution in [3.63, 3.8) is 0 Å². The highest BCUT2D eigenvalue weighted by atomic mass is 127. The zero-order valence-electron chi connectivity index (χ0n) is 12.8. The average Bonchev–Trinajstić information content (AvgIpc) is 2.49. The van der Waals surface area contributed by atoms with Crippen molar-refractivity contribution in [1.82, 2.24) is 10.2 Å². The van der Waals surface area contributed by atoms with E-state index in [0.29, 0.717) is 18.7 Å². The maximum atomic E-state index is 13.6. The van der Waals surface area contributed by atoms with Crippen LogP contribution in [0.15, 0.2) is 59.6 Å². The molecule has 0 aliphatic carbocycles. The van der Waals surface area contributed by atoms with Crippen molar-refractivity contribution in [3.8, 4) is 0 Å². The molecule has 0 aromatic heterocycles. The van der Waals surface area contributed by atoms with E-state index >= 15 is 0 Å². The molecule has 0 heterocycles. The first kappa shape index (κ1) is 18.4. The van der Waals surface area contributed by atoms with Gasteiger partial charge in [0.05, 0.1) is 6.54 Å². The predicted molar refractivity (Wildman–Crippen MR) is 99.9 cm³/mol. The lowest BCUT2D eigenvalue weighted by atomic mass is 10.2. The van der Waals surface area contributed by atoms with Crippen molar-refractivity contribution in [1.29, 1.82) is 0 Å². The van der Waals surface area contributed by atoms with Crippen LogP contribution in [0.25, 0.3) is 0 Å². The number of rotatable bonds is 4. The maximum absolute atomic E-state index is 13.6. The van der Waals surface area contributed by atoms with E-state index in [4.69, 9.17) is 0 Å². The van der Waals surface area contributed by atoms with E-state index < -0.39 is 0 Å². The van der Waals surface area contributed by atoms with Crippen LogP contribution in [0.5, 0.6) is 0 Å². The molecule has 2 aromatic carbocycles. The summed E-state index contributed by atoms with van der Waals surface area (Å²) in [6, 6.07) is 16.8. The molecule has 0 aliphatic rings. The number of halogens is 2. The van der Waals surface area contributed by atoms with E-state index in [1.54, 1.807) is 12.1 Å². The van der Waals surface area contributed by atoms with E-state index in [1.165, 1.54) is 6.07 Å².